The zero-order chi connectivity index (χ0) is 24.1. The minimum absolute atomic E-state index is 0.0431. The van der Waals surface area contributed by atoms with Gasteiger partial charge in [0.15, 0.2) is 0 Å². The van der Waals surface area contributed by atoms with Crippen LogP contribution in [0.3, 0.4) is 0 Å². The number of aliphatic carboxylic acids is 1. The lowest BCUT2D eigenvalue weighted by atomic mass is 10.2. The Morgan fingerprint density at radius 1 is 1.24 bits per heavy atom. The van der Waals surface area contributed by atoms with Gasteiger partial charge in [-0.2, -0.15) is 0 Å². The van der Waals surface area contributed by atoms with Gasteiger partial charge in [-0.25, -0.2) is 4.98 Å². The SMILES string of the molecule is CCCN(CCC)c1nc2ccc(C)cn2c(=O)c1C=C1SC(=S)N(CCCC(=O)O)C1=O. The lowest BCUT2D eigenvalue weighted by Crippen LogP contribution is -2.31. The van der Waals surface area contributed by atoms with Gasteiger partial charge in [-0.3, -0.25) is 23.7 Å². The monoisotopic (exact) mass is 488 g/mol. The second-order valence-electron chi connectivity index (χ2n) is 7.91. The van der Waals surface area contributed by atoms with Crippen LogP contribution in [0.15, 0.2) is 28.0 Å². The summed E-state index contributed by atoms with van der Waals surface area (Å²) in [6.07, 6.45) is 5.38. The molecule has 0 radical (unpaired) electrons. The molecular formula is C23H28N4O4S2. The van der Waals surface area contributed by atoms with Gasteiger partial charge in [0.1, 0.15) is 15.8 Å². The van der Waals surface area contributed by atoms with E-state index in [0.717, 1.165) is 43.3 Å². The van der Waals surface area contributed by atoms with Crippen molar-refractivity contribution in [3.63, 3.8) is 0 Å². The van der Waals surface area contributed by atoms with Gasteiger partial charge < -0.3 is 10.0 Å². The van der Waals surface area contributed by atoms with E-state index in [1.54, 1.807) is 12.3 Å². The molecule has 2 aromatic heterocycles. The fraction of sp³-hybridized carbons (Fsp3) is 0.435. The second-order valence-corrected chi connectivity index (χ2v) is 9.58. The molecule has 3 heterocycles. The summed E-state index contributed by atoms with van der Waals surface area (Å²) in [5.41, 5.74) is 1.59. The predicted octanol–water partition coefficient (Wildman–Crippen LogP) is 3.70. The average molecular weight is 489 g/mol. The standard InChI is InChI=1S/C23H28N4O4S2/c1-4-10-25(11-5-2)20-16(21(30)27-14-15(3)8-9-18(27)24-20)13-17-22(31)26(23(32)33-17)12-6-7-19(28)29/h8-9,13-14H,4-7,10-12H2,1-3H3,(H,28,29). The number of carbonyl (C=O) groups is 2. The molecule has 0 unspecified atom stereocenters. The van der Waals surface area contributed by atoms with Crippen molar-refractivity contribution in [3.8, 4) is 0 Å². The van der Waals surface area contributed by atoms with E-state index in [4.69, 9.17) is 22.3 Å². The number of nitrogens with zero attached hydrogens (tertiary/aromatic N) is 4. The Hall–Kier alpha value is -2.72. The van der Waals surface area contributed by atoms with Crippen molar-refractivity contribution in [1.82, 2.24) is 14.3 Å². The number of amides is 1. The van der Waals surface area contributed by atoms with E-state index >= 15 is 0 Å². The zero-order valence-corrected chi connectivity index (χ0v) is 20.7. The number of carboxylic acid groups (broad SMARTS) is 1. The number of hydrogen-bond donors (Lipinski definition) is 1. The summed E-state index contributed by atoms with van der Waals surface area (Å²) in [5, 5.41) is 8.87. The van der Waals surface area contributed by atoms with E-state index in [1.807, 2.05) is 19.1 Å². The molecule has 176 valence electrons. The topological polar surface area (TPSA) is 95.2 Å². The quantitative estimate of drug-likeness (QED) is 0.400. The first kappa shape index (κ1) is 24.9. The van der Waals surface area contributed by atoms with Crippen molar-refractivity contribution in [2.45, 2.75) is 46.5 Å². The van der Waals surface area contributed by atoms with Gasteiger partial charge >= 0.3 is 5.97 Å². The molecule has 0 spiro atoms. The van der Waals surface area contributed by atoms with Crippen LogP contribution in [-0.2, 0) is 9.59 Å². The highest BCUT2D eigenvalue weighted by atomic mass is 32.2. The van der Waals surface area contributed by atoms with E-state index in [1.165, 1.54) is 9.30 Å². The van der Waals surface area contributed by atoms with Crippen LogP contribution in [0.2, 0.25) is 0 Å². The summed E-state index contributed by atoms with van der Waals surface area (Å²) in [5.74, 6) is -0.672. The highest BCUT2D eigenvalue weighted by Crippen LogP contribution is 2.33. The molecule has 1 fully saturated rings. The first-order valence-electron chi connectivity index (χ1n) is 11.0. The van der Waals surface area contributed by atoms with E-state index < -0.39 is 5.97 Å². The molecule has 1 saturated heterocycles. The fourth-order valence-electron chi connectivity index (χ4n) is 3.69. The molecule has 33 heavy (non-hydrogen) atoms. The molecule has 1 aliphatic heterocycles. The normalized spacial score (nSPS) is 15.1. The molecule has 0 aromatic carbocycles. The van der Waals surface area contributed by atoms with Gasteiger partial charge in [0.2, 0.25) is 0 Å². The maximum atomic E-state index is 13.5. The van der Waals surface area contributed by atoms with Gasteiger partial charge in [0.25, 0.3) is 11.5 Å². The summed E-state index contributed by atoms with van der Waals surface area (Å²) < 4.78 is 1.87. The Balaban J connectivity index is 2.09. The number of carboxylic acids is 1. The lowest BCUT2D eigenvalue weighted by molar-refractivity contribution is -0.137. The van der Waals surface area contributed by atoms with Crippen molar-refractivity contribution in [2.75, 3.05) is 24.5 Å². The number of thiocarbonyl (C=S) groups is 1. The number of anilines is 1. The maximum Gasteiger partial charge on any atom is 0.303 e. The Kier molecular flexibility index (Phi) is 8.25. The van der Waals surface area contributed by atoms with Crippen molar-refractivity contribution in [2.24, 2.45) is 0 Å². The average Bonchev–Trinajstić information content (AvgIpc) is 3.03. The van der Waals surface area contributed by atoms with Crippen molar-refractivity contribution in [3.05, 3.63) is 44.7 Å². The van der Waals surface area contributed by atoms with Crippen molar-refractivity contribution >= 4 is 57.7 Å². The highest BCUT2D eigenvalue weighted by molar-refractivity contribution is 8.26. The van der Waals surface area contributed by atoms with Crippen molar-refractivity contribution in [1.29, 1.82) is 0 Å². The number of fused-ring (bicyclic) bond motifs is 1. The molecule has 8 nitrogen and oxygen atoms in total. The molecular weight excluding hydrogens is 460 g/mol. The minimum Gasteiger partial charge on any atom is -0.481 e. The van der Waals surface area contributed by atoms with Crippen LogP contribution in [0, 0.1) is 6.92 Å². The van der Waals surface area contributed by atoms with Crippen molar-refractivity contribution < 1.29 is 14.7 Å². The molecule has 10 heteroatoms. The number of hydrogen-bond acceptors (Lipinski definition) is 7. The van der Waals surface area contributed by atoms with Gasteiger partial charge in [-0.1, -0.05) is 43.9 Å². The molecule has 0 aliphatic carbocycles. The Morgan fingerprint density at radius 3 is 2.58 bits per heavy atom. The minimum atomic E-state index is -0.918. The van der Waals surface area contributed by atoms with Gasteiger partial charge in [0, 0.05) is 32.3 Å². The highest BCUT2D eigenvalue weighted by Gasteiger charge is 2.32. The van der Waals surface area contributed by atoms with Gasteiger partial charge in [-0.15, -0.1) is 0 Å². The number of carbonyl (C=O) groups excluding carboxylic acids is 1. The van der Waals surface area contributed by atoms with Crippen LogP contribution in [0.25, 0.3) is 11.7 Å². The number of rotatable bonds is 10. The summed E-state index contributed by atoms with van der Waals surface area (Å²) in [7, 11) is 0. The van der Waals surface area contributed by atoms with Crippen LogP contribution < -0.4 is 10.5 Å². The predicted molar refractivity (Wildman–Crippen MR) is 136 cm³/mol. The van der Waals surface area contributed by atoms with Gasteiger partial charge in [0.05, 0.1) is 10.5 Å². The van der Waals surface area contributed by atoms with Crippen LogP contribution in [0.5, 0.6) is 0 Å². The second kappa shape index (κ2) is 10.9. The maximum absolute atomic E-state index is 13.5. The summed E-state index contributed by atoms with van der Waals surface area (Å²) in [6.45, 7) is 7.75. The number of aromatic nitrogens is 2. The molecule has 3 rings (SSSR count). The first-order chi connectivity index (χ1) is 15.8. The Labute approximate surface area is 202 Å². The van der Waals surface area contributed by atoms with Gasteiger partial charge in [-0.05, 0) is 43.9 Å². The molecule has 0 atom stereocenters. The molecule has 1 amide bonds. The largest absolute Gasteiger partial charge is 0.481 e. The molecule has 0 bridgehead atoms. The van der Waals surface area contributed by atoms with Crippen LogP contribution >= 0.6 is 24.0 Å². The third-order valence-electron chi connectivity index (χ3n) is 5.19. The number of aryl methyl sites for hydroxylation is 1. The van der Waals surface area contributed by atoms with E-state index in [9.17, 15) is 14.4 Å². The number of thioether (sulfide) groups is 1. The Morgan fingerprint density at radius 2 is 1.94 bits per heavy atom. The fourth-order valence-corrected chi connectivity index (χ4v) is 4.98. The number of pyridine rings is 1. The third kappa shape index (κ3) is 5.62. The van der Waals surface area contributed by atoms with E-state index in [2.05, 4.69) is 18.7 Å². The lowest BCUT2D eigenvalue weighted by Gasteiger charge is -2.24. The zero-order valence-electron chi connectivity index (χ0n) is 19.0. The van der Waals surface area contributed by atoms with Crippen LogP contribution in [-0.4, -0.2) is 55.2 Å². The smallest absolute Gasteiger partial charge is 0.303 e. The molecule has 1 N–H and O–H groups in total. The molecule has 0 saturated carbocycles. The van der Waals surface area contributed by atoms with Crippen LogP contribution in [0.4, 0.5) is 5.82 Å². The van der Waals surface area contributed by atoms with E-state index in [0.29, 0.717) is 32.7 Å². The van der Waals surface area contributed by atoms with E-state index in [-0.39, 0.29) is 24.4 Å². The summed E-state index contributed by atoms with van der Waals surface area (Å²) in [4.78, 5) is 46.0. The molecule has 1 aliphatic rings. The Bertz CT molecular complexity index is 1170. The summed E-state index contributed by atoms with van der Waals surface area (Å²) in [6, 6.07) is 3.74. The third-order valence-corrected chi connectivity index (χ3v) is 6.57. The summed E-state index contributed by atoms with van der Waals surface area (Å²) >= 11 is 6.48. The molecule has 2 aromatic rings. The van der Waals surface area contributed by atoms with Crippen LogP contribution in [0.1, 0.15) is 50.7 Å². The first-order valence-corrected chi connectivity index (χ1v) is 12.2.